The van der Waals surface area contributed by atoms with Crippen molar-refractivity contribution < 1.29 is 8.78 Å². The Morgan fingerprint density at radius 2 is 1.60 bits per heavy atom. The third-order valence-electron chi connectivity index (χ3n) is 2.03. The first-order valence-corrected chi connectivity index (χ1v) is 4.69. The molecule has 5 heteroatoms. The van der Waals surface area contributed by atoms with Crippen LogP contribution in [0.1, 0.15) is 11.4 Å². The average molecular weight is 229 g/mol. The SMILES string of the molecule is FCc1nc2ccc(Cl)cc2nc1CF. The smallest absolute Gasteiger partial charge is 0.133 e. The number of nitrogens with zero attached hydrogens (tertiary/aromatic N) is 2. The van der Waals surface area contributed by atoms with Gasteiger partial charge in [-0.1, -0.05) is 11.6 Å². The standard InChI is InChI=1S/C10H7ClF2N2/c11-6-1-2-7-8(3-6)15-10(5-13)9(4-12)14-7/h1-3H,4-5H2. The summed E-state index contributed by atoms with van der Waals surface area (Å²) in [5.74, 6) is 0. The lowest BCUT2D eigenvalue weighted by Gasteiger charge is -2.04. The summed E-state index contributed by atoms with van der Waals surface area (Å²) in [4.78, 5) is 7.93. The third-order valence-corrected chi connectivity index (χ3v) is 2.27. The molecule has 1 heterocycles. The van der Waals surface area contributed by atoms with Gasteiger partial charge in [0.2, 0.25) is 0 Å². The van der Waals surface area contributed by atoms with Crippen molar-refractivity contribution in [1.82, 2.24) is 9.97 Å². The van der Waals surface area contributed by atoms with Crippen LogP contribution < -0.4 is 0 Å². The first-order chi connectivity index (χ1) is 7.24. The highest BCUT2D eigenvalue weighted by Crippen LogP contribution is 2.18. The number of aromatic nitrogens is 2. The molecule has 0 aliphatic rings. The fourth-order valence-corrected chi connectivity index (χ4v) is 1.48. The average Bonchev–Trinajstić information content (AvgIpc) is 2.27. The fraction of sp³-hybridized carbons (Fsp3) is 0.200. The van der Waals surface area contributed by atoms with Crippen LogP contribution in [0.2, 0.25) is 5.02 Å². The second-order valence-electron chi connectivity index (χ2n) is 3.02. The predicted molar refractivity (Wildman–Crippen MR) is 54.2 cm³/mol. The maximum atomic E-state index is 12.5. The van der Waals surface area contributed by atoms with Crippen LogP contribution in [0, 0.1) is 0 Å². The van der Waals surface area contributed by atoms with Gasteiger partial charge in [0.15, 0.2) is 0 Å². The quantitative estimate of drug-likeness (QED) is 0.789. The molecule has 0 saturated heterocycles. The highest BCUT2D eigenvalue weighted by atomic mass is 35.5. The Labute approximate surface area is 89.9 Å². The van der Waals surface area contributed by atoms with E-state index in [1.807, 2.05) is 0 Å². The van der Waals surface area contributed by atoms with E-state index in [0.29, 0.717) is 16.1 Å². The van der Waals surface area contributed by atoms with Crippen LogP contribution in [0.5, 0.6) is 0 Å². The Morgan fingerprint density at radius 1 is 1.00 bits per heavy atom. The molecule has 0 unspecified atom stereocenters. The fourth-order valence-electron chi connectivity index (χ4n) is 1.31. The van der Waals surface area contributed by atoms with Gasteiger partial charge in [-0.15, -0.1) is 0 Å². The first-order valence-electron chi connectivity index (χ1n) is 4.31. The molecule has 0 aliphatic carbocycles. The molecular weight excluding hydrogens is 222 g/mol. The maximum absolute atomic E-state index is 12.5. The molecule has 15 heavy (non-hydrogen) atoms. The van der Waals surface area contributed by atoms with Gasteiger partial charge in [0.05, 0.1) is 22.4 Å². The molecule has 0 bridgehead atoms. The minimum atomic E-state index is -0.825. The van der Waals surface area contributed by atoms with E-state index < -0.39 is 13.3 Å². The van der Waals surface area contributed by atoms with E-state index in [1.165, 1.54) is 0 Å². The molecule has 0 spiro atoms. The molecule has 0 fully saturated rings. The molecule has 2 aromatic rings. The van der Waals surface area contributed by atoms with Crippen molar-refractivity contribution in [3.8, 4) is 0 Å². The number of halogens is 3. The van der Waals surface area contributed by atoms with Crippen LogP contribution in [0.4, 0.5) is 8.78 Å². The van der Waals surface area contributed by atoms with Gasteiger partial charge in [-0.25, -0.2) is 18.7 Å². The van der Waals surface area contributed by atoms with E-state index in [-0.39, 0.29) is 11.4 Å². The zero-order valence-electron chi connectivity index (χ0n) is 7.67. The lowest BCUT2D eigenvalue weighted by molar-refractivity contribution is 0.440. The van der Waals surface area contributed by atoms with E-state index in [1.54, 1.807) is 18.2 Å². The van der Waals surface area contributed by atoms with Crippen LogP contribution in [0.3, 0.4) is 0 Å². The Morgan fingerprint density at radius 3 is 2.20 bits per heavy atom. The van der Waals surface area contributed by atoms with Crippen LogP contribution in [0.15, 0.2) is 18.2 Å². The lowest BCUT2D eigenvalue weighted by atomic mass is 10.2. The largest absolute Gasteiger partial charge is 0.246 e. The topological polar surface area (TPSA) is 25.8 Å². The van der Waals surface area contributed by atoms with Gasteiger partial charge in [0, 0.05) is 5.02 Å². The number of rotatable bonds is 2. The van der Waals surface area contributed by atoms with Crippen LogP contribution in [0.25, 0.3) is 11.0 Å². The summed E-state index contributed by atoms with van der Waals surface area (Å²) in [5.41, 5.74) is 1.08. The van der Waals surface area contributed by atoms with E-state index in [2.05, 4.69) is 9.97 Å². The second kappa shape index (κ2) is 4.06. The highest BCUT2D eigenvalue weighted by Gasteiger charge is 2.08. The molecule has 0 atom stereocenters. The van der Waals surface area contributed by atoms with Gasteiger partial charge in [0.1, 0.15) is 13.3 Å². The van der Waals surface area contributed by atoms with E-state index in [0.717, 1.165) is 0 Å². The molecular formula is C10H7ClF2N2. The van der Waals surface area contributed by atoms with E-state index in [4.69, 9.17) is 11.6 Å². The van der Waals surface area contributed by atoms with Crippen LogP contribution in [-0.2, 0) is 13.3 Å². The maximum Gasteiger partial charge on any atom is 0.133 e. The van der Waals surface area contributed by atoms with Crippen LogP contribution in [-0.4, -0.2) is 9.97 Å². The molecule has 2 nitrogen and oxygen atoms in total. The second-order valence-corrected chi connectivity index (χ2v) is 3.45. The van der Waals surface area contributed by atoms with Gasteiger partial charge < -0.3 is 0 Å². The van der Waals surface area contributed by atoms with Gasteiger partial charge in [-0.2, -0.15) is 0 Å². The minimum absolute atomic E-state index is 0.0345. The first kappa shape index (κ1) is 10.2. The number of benzene rings is 1. The lowest BCUT2D eigenvalue weighted by Crippen LogP contribution is -1.99. The Hall–Kier alpha value is -1.29. The highest BCUT2D eigenvalue weighted by molar-refractivity contribution is 6.31. The summed E-state index contributed by atoms with van der Waals surface area (Å²) in [6.45, 7) is -1.64. The number of hydrogen-bond donors (Lipinski definition) is 0. The predicted octanol–water partition coefficient (Wildman–Crippen LogP) is 3.22. The van der Waals surface area contributed by atoms with Crippen molar-refractivity contribution >= 4 is 22.6 Å². The van der Waals surface area contributed by atoms with Gasteiger partial charge in [-0.05, 0) is 18.2 Å². The van der Waals surface area contributed by atoms with E-state index >= 15 is 0 Å². The van der Waals surface area contributed by atoms with Crippen molar-refractivity contribution in [2.45, 2.75) is 13.3 Å². The Balaban J connectivity index is 2.69. The molecule has 2 rings (SSSR count). The van der Waals surface area contributed by atoms with Crippen molar-refractivity contribution in [3.63, 3.8) is 0 Å². The minimum Gasteiger partial charge on any atom is -0.246 e. The molecule has 0 radical (unpaired) electrons. The van der Waals surface area contributed by atoms with Gasteiger partial charge in [0.25, 0.3) is 0 Å². The monoisotopic (exact) mass is 228 g/mol. The molecule has 0 N–H and O–H groups in total. The van der Waals surface area contributed by atoms with E-state index in [9.17, 15) is 8.78 Å². The Kier molecular flexibility index (Phi) is 2.77. The molecule has 0 amide bonds. The summed E-state index contributed by atoms with van der Waals surface area (Å²) in [6, 6.07) is 4.84. The molecule has 1 aromatic heterocycles. The van der Waals surface area contributed by atoms with Crippen molar-refractivity contribution in [2.75, 3.05) is 0 Å². The van der Waals surface area contributed by atoms with Crippen molar-refractivity contribution in [1.29, 1.82) is 0 Å². The number of hydrogen-bond acceptors (Lipinski definition) is 2. The summed E-state index contributed by atoms with van der Waals surface area (Å²) < 4.78 is 25.0. The molecule has 1 aromatic carbocycles. The zero-order valence-corrected chi connectivity index (χ0v) is 8.43. The van der Waals surface area contributed by atoms with Gasteiger partial charge >= 0.3 is 0 Å². The molecule has 0 aliphatic heterocycles. The van der Waals surface area contributed by atoms with Gasteiger partial charge in [-0.3, -0.25) is 0 Å². The van der Waals surface area contributed by atoms with Crippen LogP contribution >= 0.6 is 11.6 Å². The Bertz CT molecular complexity index is 502. The summed E-state index contributed by atoms with van der Waals surface area (Å²) in [6.07, 6.45) is 0. The van der Waals surface area contributed by atoms with Crippen molar-refractivity contribution in [2.24, 2.45) is 0 Å². The van der Waals surface area contributed by atoms with Crippen molar-refractivity contribution in [3.05, 3.63) is 34.6 Å². The third kappa shape index (κ3) is 1.90. The zero-order chi connectivity index (χ0) is 10.8. The molecule has 78 valence electrons. The summed E-state index contributed by atoms with van der Waals surface area (Å²) in [7, 11) is 0. The summed E-state index contributed by atoms with van der Waals surface area (Å²) in [5, 5.41) is 0.495. The number of alkyl halides is 2. The number of fused-ring (bicyclic) bond motifs is 1. The molecule has 0 saturated carbocycles. The normalized spacial score (nSPS) is 10.9. The summed E-state index contributed by atoms with van der Waals surface area (Å²) >= 11 is 5.75.